The van der Waals surface area contributed by atoms with E-state index in [1.807, 2.05) is 6.92 Å². The fraction of sp³-hybridized carbons (Fsp3) is 0.250. The van der Waals surface area contributed by atoms with Crippen LogP contribution < -0.4 is 23.8 Å². The molecular weight excluding hydrogens is 458 g/mol. The third-order valence-electron chi connectivity index (χ3n) is 4.90. The van der Waals surface area contributed by atoms with E-state index in [0.717, 1.165) is 9.87 Å². The van der Waals surface area contributed by atoms with E-state index in [1.54, 1.807) is 48.8 Å². The van der Waals surface area contributed by atoms with E-state index >= 15 is 0 Å². The number of hydrogen-bond donors (Lipinski definition) is 1. The van der Waals surface area contributed by atoms with Gasteiger partial charge in [0.1, 0.15) is 12.3 Å². The van der Waals surface area contributed by atoms with E-state index in [0.29, 0.717) is 23.8 Å². The second-order valence-electron chi connectivity index (χ2n) is 7.09. The molecule has 3 rings (SSSR count). The summed E-state index contributed by atoms with van der Waals surface area (Å²) in [6, 6.07) is 14.3. The predicted molar refractivity (Wildman–Crippen MR) is 128 cm³/mol. The molecule has 34 heavy (non-hydrogen) atoms. The van der Waals surface area contributed by atoms with E-state index in [2.05, 4.69) is 10.3 Å². The molecule has 0 fully saturated rings. The van der Waals surface area contributed by atoms with Crippen LogP contribution in [0.1, 0.15) is 12.5 Å². The van der Waals surface area contributed by atoms with Gasteiger partial charge in [0, 0.05) is 25.0 Å². The third-order valence-corrected chi connectivity index (χ3v) is 6.67. The van der Waals surface area contributed by atoms with Crippen molar-refractivity contribution in [3.05, 3.63) is 72.6 Å². The lowest BCUT2D eigenvalue weighted by molar-refractivity contribution is -0.119. The molecule has 1 amide bonds. The second kappa shape index (κ2) is 11.4. The smallest absolute Gasteiger partial charge is 0.264 e. The number of ether oxygens (including phenoxy) is 3. The summed E-state index contributed by atoms with van der Waals surface area (Å²) >= 11 is 0. The highest BCUT2D eigenvalue weighted by Gasteiger charge is 2.28. The minimum absolute atomic E-state index is 0.0408. The first-order chi connectivity index (χ1) is 16.4. The summed E-state index contributed by atoms with van der Waals surface area (Å²) in [6.45, 7) is 2.16. The number of carbonyl (C=O) groups is 1. The van der Waals surface area contributed by atoms with Gasteiger partial charge in [-0.2, -0.15) is 0 Å². The summed E-state index contributed by atoms with van der Waals surface area (Å²) in [7, 11) is -1.24. The molecule has 0 bridgehead atoms. The Hall–Kier alpha value is -3.79. The Bertz CT molecular complexity index is 1200. The van der Waals surface area contributed by atoms with Gasteiger partial charge in [-0.15, -0.1) is 0 Å². The number of aromatic nitrogens is 1. The Balaban J connectivity index is 1.92. The summed E-state index contributed by atoms with van der Waals surface area (Å²) < 4.78 is 44.2. The molecule has 0 saturated carbocycles. The number of pyridine rings is 1. The number of carbonyl (C=O) groups excluding carboxylic acids is 1. The van der Waals surface area contributed by atoms with Crippen LogP contribution in [-0.4, -0.2) is 46.7 Å². The van der Waals surface area contributed by atoms with E-state index in [1.165, 1.54) is 32.4 Å². The summed E-state index contributed by atoms with van der Waals surface area (Å²) in [4.78, 5) is 16.7. The summed E-state index contributed by atoms with van der Waals surface area (Å²) in [5.41, 5.74) is 1.16. The van der Waals surface area contributed by atoms with Crippen molar-refractivity contribution in [3.8, 4) is 17.2 Å². The molecule has 0 unspecified atom stereocenters. The Morgan fingerprint density at radius 2 is 1.65 bits per heavy atom. The molecule has 1 N–H and O–H groups in total. The number of anilines is 1. The largest absolute Gasteiger partial charge is 0.494 e. The van der Waals surface area contributed by atoms with E-state index in [9.17, 15) is 13.2 Å². The van der Waals surface area contributed by atoms with Gasteiger partial charge in [-0.1, -0.05) is 0 Å². The molecule has 0 spiro atoms. The fourth-order valence-corrected chi connectivity index (χ4v) is 4.62. The summed E-state index contributed by atoms with van der Waals surface area (Å²) in [5, 5.41) is 2.75. The fourth-order valence-electron chi connectivity index (χ4n) is 3.18. The number of nitrogens with one attached hydrogen (secondary N) is 1. The van der Waals surface area contributed by atoms with Crippen molar-refractivity contribution in [1.82, 2.24) is 10.3 Å². The van der Waals surface area contributed by atoms with Crippen molar-refractivity contribution in [2.24, 2.45) is 0 Å². The summed E-state index contributed by atoms with van der Waals surface area (Å²) in [6.07, 6.45) is 3.24. The average molecular weight is 486 g/mol. The Labute approximate surface area is 199 Å². The number of sulfonamides is 1. The molecule has 180 valence electrons. The molecule has 9 nitrogen and oxygen atoms in total. The number of amides is 1. The van der Waals surface area contributed by atoms with Gasteiger partial charge in [0.2, 0.25) is 5.91 Å². The van der Waals surface area contributed by atoms with Gasteiger partial charge >= 0.3 is 0 Å². The lowest BCUT2D eigenvalue weighted by Gasteiger charge is -2.24. The van der Waals surface area contributed by atoms with Crippen molar-refractivity contribution < 1.29 is 27.4 Å². The highest BCUT2D eigenvalue weighted by Crippen LogP contribution is 2.32. The lowest BCUT2D eigenvalue weighted by atomic mass is 10.2. The Kier molecular flexibility index (Phi) is 8.31. The lowest BCUT2D eigenvalue weighted by Crippen LogP contribution is -2.40. The normalized spacial score (nSPS) is 10.9. The zero-order chi connectivity index (χ0) is 24.6. The molecule has 1 aromatic heterocycles. The molecule has 0 aliphatic heterocycles. The molecule has 0 saturated heterocycles. The van der Waals surface area contributed by atoms with Crippen molar-refractivity contribution >= 4 is 21.6 Å². The van der Waals surface area contributed by atoms with Crippen LogP contribution in [0.2, 0.25) is 0 Å². The van der Waals surface area contributed by atoms with Crippen LogP contribution in [0.3, 0.4) is 0 Å². The maximum atomic E-state index is 13.6. The SMILES string of the molecule is CCOc1ccc(N(CC(=O)NCc2ccncc2)S(=O)(=O)c2ccc(OC)c(OC)c2)cc1. The summed E-state index contributed by atoms with van der Waals surface area (Å²) in [5.74, 6) is 0.785. The van der Waals surface area contributed by atoms with Crippen LogP contribution in [0.5, 0.6) is 17.2 Å². The van der Waals surface area contributed by atoms with Crippen LogP contribution >= 0.6 is 0 Å². The van der Waals surface area contributed by atoms with Gasteiger partial charge in [-0.25, -0.2) is 8.42 Å². The van der Waals surface area contributed by atoms with Gasteiger partial charge < -0.3 is 19.5 Å². The Morgan fingerprint density at radius 3 is 2.26 bits per heavy atom. The molecule has 1 heterocycles. The monoisotopic (exact) mass is 485 g/mol. The van der Waals surface area contributed by atoms with Gasteiger partial charge in [-0.3, -0.25) is 14.1 Å². The van der Waals surface area contributed by atoms with E-state index in [4.69, 9.17) is 14.2 Å². The minimum Gasteiger partial charge on any atom is -0.494 e. The maximum Gasteiger partial charge on any atom is 0.264 e. The number of methoxy groups -OCH3 is 2. The van der Waals surface area contributed by atoms with Crippen molar-refractivity contribution in [2.45, 2.75) is 18.4 Å². The van der Waals surface area contributed by atoms with Crippen molar-refractivity contribution in [2.75, 3.05) is 31.7 Å². The number of hydrogen-bond acceptors (Lipinski definition) is 7. The first-order valence-corrected chi connectivity index (χ1v) is 12.0. The van der Waals surface area contributed by atoms with Crippen LogP contribution in [-0.2, 0) is 21.4 Å². The number of rotatable bonds is 11. The minimum atomic E-state index is -4.13. The van der Waals surface area contributed by atoms with Crippen molar-refractivity contribution in [3.63, 3.8) is 0 Å². The molecule has 0 atom stereocenters. The Morgan fingerprint density at radius 1 is 0.971 bits per heavy atom. The molecule has 10 heteroatoms. The molecule has 0 aliphatic rings. The third kappa shape index (κ3) is 5.96. The topological polar surface area (TPSA) is 107 Å². The molecular formula is C24H27N3O6S. The molecule has 0 radical (unpaired) electrons. The first kappa shape index (κ1) is 24.8. The van der Waals surface area contributed by atoms with Crippen LogP contribution in [0, 0.1) is 0 Å². The molecule has 3 aromatic rings. The second-order valence-corrected chi connectivity index (χ2v) is 8.95. The van der Waals surface area contributed by atoms with Crippen LogP contribution in [0.4, 0.5) is 5.69 Å². The maximum absolute atomic E-state index is 13.6. The molecule has 2 aromatic carbocycles. The number of benzene rings is 2. The molecule has 0 aliphatic carbocycles. The van der Waals surface area contributed by atoms with Gasteiger partial charge in [-0.05, 0) is 61.0 Å². The van der Waals surface area contributed by atoms with Crippen LogP contribution in [0.15, 0.2) is 71.9 Å². The van der Waals surface area contributed by atoms with E-state index in [-0.39, 0.29) is 17.2 Å². The van der Waals surface area contributed by atoms with Gasteiger partial charge in [0.25, 0.3) is 10.0 Å². The average Bonchev–Trinajstić information content (AvgIpc) is 2.87. The number of nitrogens with zero attached hydrogens (tertiary/aromatic N) is 2. The van der Waals surface area contributed by atoms with E-state index < -0.39 is 22.5 Å². The highest BCUT2D eigenvalue weighted by atomic mass is 32.2. The van der Waals surface area contributed by atoms with Crippen molar-refractivity contribution in [1.29, 1.82) is 0 Å². The van der Waals surface area contributed by atoms with Gasteiger partial charge in [0.05, 0.1) is 31.4 Å². The first-order valence-electron chi connectivity index (χ1n) is 10.5. The highest BCUT2D eigenvalue weighted by molar-refractivity contribution is 7.92. The van der Waals surface area contributed by atoms with Gasteiger partial charge in [0.15, 0.2) is 11.5 Å². The quantitative estimate of drug-likeness (QED) is 0.445. The standard InChI is InChI=1S/C24H27N3O6S/c1-4-33-20-7-5-19(6-8-20)27(17-24(28)26-16-18-11-13-25-14-12-18)34(29,30)21-9-10-22(31-2)23(15-21)32-3/h5-15H,4,16-17H2,1-3H3,(H,26,28). The zero-order valence-electron chi connectivity index (χ0n) is 19.2. The predicted octanol–water partition coefficient (Wildman–Crippen LogP) is 3.01. The van der Waals surface area contributed by atoms with Crippen LogP contribution in [0.25, 0.3) is 0 Å². The zero-order valence-corrected chi connectivity index (χ0v) is 20.0.